The lowest BCUT2D eigenvalue weighted by atomic mass is 10.1. The maximum Gasteiger partial charge on any atom is 0.331 e. The molecule has 166 valence electrons. The molecule has 0 bridgehead atoms. The van der Waals surface area contributed by atoms with Crippen LogP contribution in [0.25, 0.3) is 0 Å². The van der Waals surface area contributed by atoms with E-state index in [2.05, 4.69) is 0 Å². The number of hydrogen-bond acceptors (Lipinski definition) is 4. The summed E-state index contributed by atoms with van der Waals surface area (Å²) in [4.78, 5) is 28.6. The zero-order valence-electron chi connectivity index (χ0n) is 17.7. The maximum absolute atomic E-state index is 14.3. The molecule has 4 rings (SSSR count). The van der Waals surface area contributed by atoms with Crippen LogP contribution in [0.5, 0.6) is 0 Å². The third kappa shape index (κ3) is 4.01. The Hall–Kier alpha value is -3.52. The summed E-state index contributed by atoms with van der Waals surface area (Å²) in [5, 5.41) is 0. The minimum absolute atomic E-state index is 0.0595. The van der Waals surface area contributed by atoms with Gasteiger partial charge in [-0.3, -0.25) is 13.9 Å². The summed E-state index contributed by atoms with van der Waals surface area (Å²) in [5.74, 6) is -1.50. The Kier molecular flexibility index (Phi) is 6.05. The fourth-order valence-corrected chi connectivity index (χ4v) is 4.00. The van der Waals surface area contributed by atoms with Crippen LogP contribution < -0.4 is 21.9 Å². The number of hydrogen-bond donors (Lipinski definition) is 1. The molecule has 1 aliphatic heterocycles. The van der Waals surface area contributed by atoms with E-state index in [1.807, 2.05) is 47.4 Å². The van der Waals surface area contributed by atoms with Gasteiger partial charge in [0.15, 0.2) is 0 Å². The van der Waals surface area contributed by atoms with Gasteiger partial charge < -0.3 is 10.6 Å². The van der Waals surface area contributed by atoms with E-state index < -0.39 is 28.9 Å². The smallest absolute Gasteiger partial charge is 0.331 e. The van der Waals surface area contributed by atoms with Crippen molar-refractivity contribution >= 4 is 5.69 Å². The molecular weight excluding hydrogens is 414 g/mol. The average molecular weight is 438 g/mol. The van der Waals surface area contributed by atoms with Gasteiger partial charge in [0, 0.05) is 30.4 Å². The Morgan fingerprint density at radius 1 is 0.938 bits per heavy atom. The molecule has 0 radical (unpaired) electrons. The van der Waals surface area contributed by atoms with E-state index >= 15 is 0 Å². The van der Waals surface area contributed by atoms with Gasteiger partial charge in [-0.25, -0.2) is 13.6 Å². The van der Waals surface area contributed by atoms with Gasteiger partial charge in [-0.1, -0.05) is 48.6 Å². The second-order valence-electron chi connectivity index (χ2n) is 7.81. The molecule has 0 fully saturated rings. The number of aromatic nitrogens is 2. The van der Waals surface area contributed by atoms with E-state index in [1.165, 1.54) is 10.6 Å². The Labute approximate surface area is 183 Å². The first-order valence-corrected chi connectivity index (χ1v) is 10.4. The van der Waals surface area contributed by atoms with E-state index in [0.717, 1.165) is 22.3 Å². The second-order valence-corrected chi connectivity index (χ2v) is 7.81. The predicted octanol–water partition coefficient (Wildman–Crippen LogP) is 2.72. The lowest BCUT2D eigenvalue weighted by Crippen LogP contribution is -2.46. The minimum Gasteiger partial charge on any atom is -0.358 e. The van der Waals surface area contributed by atoms with Gasteiger partial charge in [0.05, 0.1) is 13.1 Å². The Morgan fingerprint density at radius 3 is 2.19 bits per heavy atom. The van der Waals surface area contributed by atoms with Gasteiger partial charge in [-0.2, -0.15) is 0 Å². The summed E-state index contributed by atoms with van der Waals surface area (Å²) in [5.41, 5.74) is 6.40. The van der Waals surface area contributed by atoms with Crippen LogP contribution in [0.2, 0.25) is 0 Å². The summed E-state index contributed by atoms with van der Waals surface area (Å²) in [7, 11) is 0. The monoisotopic (exact) mass is 438 g/mol. The Bertz CT molecular complexity index is 1250. The average Bonchev–Trinajstić information content (AvgIpc) is 3.31. The molecule has 0 saturated carbocycles. The van der Waals surface area contributed by atoms with Crippen LogP contribution >= 0.6 is 0 Å². The van der Waals surface area contributed by atoms with E-state index in [1.54, 1.807) is 6.92 Å². The number of anilines is 1. The standard InChI is InChI=1S/C24H24F2N4O2/c1-16-22(28-12-5-6-13-28)23(31)30(15-21(27)17-8-3-2-4-9-17)24(32)29(16)14-18-19(25)10-7-11-20(18)26/h2-11,21H,12-15,27H2,1H3/t21-/m0/s1. The van der Waals surface area contributed by atoms with Crippen LogP contribution in [-0.4, -0.2) is 22.2 Å². The first kappa shape index (κ1) is 21.7. The van der Waals surface area contributed by atoms with Gasteiger partial charge in [-0.15, -0.1) is 0 Å². The highest BCUT2D eigenvalue weighted by atomic mass is 19.1. The molecule has 0 saturated heterocycles. The van der Waals surface area contributed by atoms with Crippen LogP contribution in [0, 0.1) is 18.6 Å². The first-order chi connectivity index (χ1) is 15.4. The summed E-state index contributed by atoms with van der Waals surface area (Å²) < 4.78 is 31.0. The molecule has 2 aromatic carbocycles. The third-order valence-corrected chi connectivity index (χ3v) is 5.78. The molecule has 2 N–H and O–H groups in total. The zero-order valence-corrected chi connectivity index (χ0v) is 17.7. The van der Waals surface area contributed by atoms with Gasteiger partial charge in [0.2, 0.25) is 0 Å². The molecule has 1 aromatic heterocycles. The number of nitrogens with zero attached hydrogens (tertiary/aromatic N) is 3. The number of benzene rings is 2. The first-order valence-electron chi connectivity index (χ1n) is 10.4. The van der Waals surface area contributed by atoms with E-state index in [4.69, 9.17) is 5.73 Å². The highest BCUT2D eigenvalue weighted by Crippen LogP contribution is 2.20. The van der Waals surface area contributed by atoms with E-state index in [9.17, 15) is 18.4 Å². The van der Waals surface area contributed by atoms with Crippen molar-refractivity contribution in [2.75, 3.05) is 18.0 Å². The molecule has 0 unspecified atom stereocenters. The minimum atomic E-state index is -0.751. The Morgan fingerprint density at radius 2 is 1.56 bits per heavy atom. The topological polar surface area (TPSA) is 73.3 Å². The quantitative estimate of drug-likeness (QED) is 0.601. The van der Waals surface area contributed by atoms with Gasteiger partial charge in [-0.05, 0) is 24.6 Å². The summed E-state index contributed by atoms with van der Waals surface area (Å²) >= 11 is 0. The largest absolute Gasteiger partial charge is 0.358 e. The van der Waals surface area contributed by atoms with Gasteiger partial charge in [0.1, 0.15) is 17.3 Å². The lowest BCUT2D eigenvalue weighted by Gasteiger charge is -2.24. The van der Waals surface area contributed by atoms with Crippen LogP contribution in [0.1, 0.15) is 22.9 Å². The summed E-state index contributed by atoms with van der Waals surface area (Å²) in [6.45, 7) is 2.24. The predicted molar refractivity (Wildman–Crippen MR) is 120 cm³/mol. The third-order valence-electron chi connectivity index (χ3n) is 5.78. The molecule has 2 heterocycles. The molecule has 6 nitrogen and oxygen atoms in total. The van der Waals surface area contributed by atoms with Crippen LogP contribution in [0.3, 0.4) is 0 Å². The number of rotatable bonds is 6. The van der Waals surface area contributed by atoms with E-state index in [0.29, 0.717) is 24.5 Å². The Balaban J connectivity index is 1.85. The number of nitrogens with two attached hydrogens (primary N) is 1. The van der Waals surface area contributed by atoms with Crippen molar-refractivity contribution in [3.63, 3.8) is 0 Å². The normalized spacial score (nSPS) is 14.2. The zero-order chi connectivity index (χ0) is 22.8. The highest BCUT2D eigenvalue weighted by molar-refractivity contribution is 5.51. The molecule has 32 heavy (non-hydrogen) atoms. The number of halogens is 2. The van der Waals surface area contributed by atoms with Crippen LogP contribution in [0.4, 0.5) is 14.5 Å². The van der Waals surface area contributed by atoms with Crippen molar-refractivity contribution in [2.45, 2.75) is 26.1 Å². The van der Waals surface area contributed by atoms with Crippen molar-refractivity contribution in [3.05, 3.63) is 110 Å². The van der Waals surface area contributed by atoms with Gasteiger partial charge >= 0.3 is 5.69 Å². The van der Waals surface area contributed by atoms with Crippen molar-refractivity contribution in [2.24, 2.45) is 5.73 Å². The fourth-order valence-electron chi connectivity index (χ4n) is 4.00. The van der Waals surface area contributed by atoms with Crippen molar-refractivity contribution < 1.29 is 8.78 Å². The molecule has 0 amide bonds. The van der Waals surface area contributed by atoms with Gasteiger partial charge in [0.25, 0.3) is 5.56 Å². The summed E-state index contributed by atoms with van der Waals surface area (Å²) in [6.07, 6.45) is 3.84. The highest BCUT2D eigenvalue weighted by Gasteiger charge is 2.24. The summed E-state index contributed by atoms with van der Waals surface area (Å²) in [6, 6.07) is 12.1. The lowest BCUT2D eigenvalue weighted by molar-refractivity contribution is 0.492. The van der Waals surface area contributed by atoms with Crippen molar-refractivity contribution in [1.29, 1.82) is 0 Å². The van der Waals surface area contributed by atoms with Crippen molar-refractivity contribution in [3.8, 4) is 0 Å². The van der Waals surface area contributed by atoms with E-state index in [-0.39, 0.29) is 18.7 Å². The van der Waals surface area contributed by atoms with Crippen LogP contribution in [-0.2, 0) is 13.1 Å². The molecule has 3 aromatic rings. The molecule has 0 aliphatic carbocycles. The molecular formula is C24H24F2N4O2. The van der Waals surface area contributed by atoms with Crippen LogP contribution in [0.15, 0.2) is 70.3 Å². The maximum atomic E-state index is 14.3. The molecule has 1 atom stereocenters. The molecule has 1 aliphatic rings. The van der Waals surface area contributed by atoms with Crippen molar-refractivity contribution in [1.82, 2.24) is 9.13 Å². The molecule has 8 heteroatoms. The second kappa shape index (κ2) is 8.92. The SMILES string of the molecule is Cc1c(N2CC=CC2)c(=O)n(C[C@H](N)c2ccccc2)c(=O)n1Cc1c(F)cccc1F. The fraction of sp³-hybridized carbons (Fsp3) is 0.250. The molecule has 0 spiro atoms.